The fourth-order valence-electron chi connectivity index (χ4n) is 1.29. The molecule has 0 radical (unpaired) electrons. The summed E-state index contributed by atoms with van der Waals surface area (Å²) in [5, 5.41) is 0.947. The summed E-state index contributed by atoms with van der Waals surface area (Å²) >= 11 is 13.3. The molecule has 1 amide bonds. The average Bonchev–Trinajstić information content (AvgIpc) is 2.33. The third kappa shape index (κ3) is 4.88. The molecule has 18 heavy (non-hydrogen) atoms. The molecule has 0 aliphatic rings. The number of benzene rings is 1. The largest absolute Gasteiger partial charge is 0.368 e. The summed E-state index contributed by atoms with van der Waals surface area (Å²) in [6.45, 7) is 0. The maximum Gasteiger partial charge on any atom is 0.242 e. The van der Waals surface area contributed by atoms with E-state index in [9.17, 15) is 4.79 Å². The van der Waals surface area contributed by atoms with Crippen LogP contribution in [0.2, 0.25) is 10.0 Å². The minimum Gasteiger partial charge on any atom is -0.368 e. The molecule has 0 aromatic heterocycles. The van der Waals surface area contributed by atoms with E-state index in [1.54, 1.807) is 36.2 Å². The Morgan fingerprint density at radius 1 is 1.50 bits per heavy atom. The van der Waals surface area contributed by atoms with Gasteiger partial charge >= 0.3 is 0 Å². The first-order chi connectivity index (χ1) is 8.54. The van der Waals surface area contributed by atoms with E-state index in [2.05, 4.69) is 4.99 Å². The topological polar surface area (TPSA) is 55.4 Å². The maximum absolute atomic E-state index is 11.2. The number of thioether (sulfide) groups is 1. The van der Waals surface area contributed by atoms with Crippen molar-refractivity contribution in [2.24, 2.45) is 10.7 Å². The van der Waals surface area contributed by atoms with Gasteiger partial charge in [0.05, 0.1) is 10.0 Å². The highest BCUT2D eigenvalue weighted by atomic mass is 35.5. The van der Waals surface area contributed by atoms with Crippen molar-refractivity contribution in [2.45, 2.75) is 12.5 Å². The number of nitrogens with two attached hydrogens (primary N) is 1. The van der Waals surface area contributed by atoms with Crippen molar-refractivity contribution < 1.29 is 4.79 Å². The van der Waals surface area contributed by atoms with Crippen molar-refractivity contribution in [3.8, 4) is 0 Å². The number of rotatable bonds is 6. The summed E-state index contributed by atoms with van der Waals surface area (Å²) < 4.78 is 0. The molecule has 2 N–H and O–H groups in total. The molecule has 0 heterocycles. The fourth-order valence-corrected chi connectivity index (χ4v) is 2.05. The Kier molecular flexibility index (Phi) is 6.54. The summed E-state index contributed by atoms with van der Waals surface area (Å²) in [5.41, 5.74) is 6.08. The lowest BCUT2D eigenvalue weighted by molar-refractivity contribution is -0.119. The predicted molar refractivity (Wildman–Crippen MR) is 80.0 cm³/mol. The van der Waals surface area contributed by atoms with Gasteiger partial charge in [0.15, 0.2) is 0 Å². The van der Waals surface area contributed by atoms with Gasteiger partial charge in [-0.3, -0.25) is 9.79 Å². The van der Waals surface area contributed by atoms with Gasteiger partial charge in [-0.05, 0) is 36.1 Å². The Labute approximate surface area is 121 Å². The maximum atomic E-state index is 11.2. The number of hydrogen-bond donors (Lipinski definition) is 1. The number of carbonyl (C=O) groups excluding carboxylic acids is 1. The van der Waals surface area contributed by atoms with Gasteiger partial charge in [0.25, 0.3) is 0 Å². The van der Waals surface area contributed by atoms with Gasteiger partial charge in [-0.25, -0.2) is 0 Å². The average molecular weight is 305 g/mol. The van der Waals surface area contributed by atoms with Crippen LogP contribution in [0.25, 0.3) is 0 Å². The smallest absolute Gasteiger partial charge is 0.242 e. The zero-order valence-corrected chi connectivity index (χ0v) is 12.2. The molecule has 0 saturated heterocycles. The van der Waals surface area contributed by atoms with Gasteiger partial charge in [0.1, 0.15) is 6.04 Å². The van der Waals surface area contributed by atoms with E-state index in [0.29, 0.717) is 16.5 Å². The lowest BCUT2D eigenvalue weighted by Crippen LogP contribution is -2.27. The number of nitrogens with zero attached hydrogens (tertiary/aromatic N) is 1. The molecule has 6 heteroatoms. The third-order valence-corrected chi connectivity index (χ3v) is 3.65. The molecular weight excluding hydrogens is 291 g/mol. The summed E-state index contributed by atoms with van der Waals surface area (Å²) in [4.78, 5) is 15.4. The quantitative estimate of drug-likeness (QED) is 0.821. The molecule has 1 rings (SSSR count). The molecular formula is C12H14Cl2N2OS. The Hall–Kier alpha value is -0.710. The highest BCUT2D eigenvalue weighted by molar-refractivity contribution is 7.98. The molecule has 0 aliphatic heterocycles. The molecule has 0 fully saturated rings. The normalized spacial score (nSPS) is 12.8. The van der Waals surface area contributed by atoms with Gasteiger partial charge in [0, 0.05) is 6.21 Å². The van der Waals surface area contributed by atoms with E-state index in [1.807, 2.05) is 6.26 Å². The zero-order valence-electron chi connectivity index (χ0n) is 9.90. The standard InChI is InChI=1S/C12H14Cl2N2OS/c1-18-5-4-11(12(15)17)16-7-8-2-3-9(13)10(14)6-8/h2-3,6-7,11H,4-5H2,1H3,(H2,15,17). The number of halogens is 2. The third-order valence-electron chi connectivity index (χ3n) is 2.27. The molecule has 3 nitrogen and oxygen atoms in total. The predicted octanol–water partition coefficient (Wildman–Crippen LogP) is 3.02. The molecule has 1 aromatic carbocycles. The van der Waals surface area contributed by atoms with Crippen molar-refractivity contribution in [1.82, 2.24) is 0 Å². The van der Waals surface area contributed by atoms with Crippen LogP contribution in [0.4, 0.5) is 0 Å². The Balaban J connectivity index is 2.75. The van der Waals surface area contributed by atoms with Crippen molar-refractivity contribution in [2.75, 3.05) is 12.0 Å². The van der Waals surface area contributed by atoms with Crippen LogP contribution >= 0.6 is 35.0 Å². The van der Waals surface area contributed by atoms with Crippen LogP contribution in [0, 0.1) is 0 Å². The van der Waals surface area contributed by atoms with Gasteiger partial charge < -0.3 is 5.73 Å². The Morgan fingerprint density at radius 2 is 2.22 bits per heavy atom. The van der Waals surface area contributed by atoms with Gasteiger partial charge in [0.2, 0.25) is 5.91 Å². The molecule has 0 spiro atoms. The van der Waals surface area contributed by atoms with Crippen LogP contribution in [-0.2, 0) is 4.79 Å². The van der Waals surface area contributed by atoms with Gasteiger partial charge in [-0.15, -0.1) is 0 Å². The van der Waals surface area contributed by atoms with E-state index in [1.165, 1.54) is 0 Å². The summed E-state index contributed by atoms with van der Waals surface area (Å²) in [6, 6.07) is 4.67. The second-order valence-electron chi connectivity index (χ2n) is 3.65. The SMILES string of the molecule is CSCCC(N=Cc1ccc(Cl)c(Cl)c1)C(N)=O. The highest BCUT2D eigenvalue weighted by Gasteiger charge is 2.12. The second kappa shape index (κ2) is 7.67. The summed E-state index contributed by atoms with van der Waals surface area (Å²) in [7, 11) is 0. The highest BCUT2D eigenvalue weighted by Crippen LogP contribution is 2.21. The van der Waals surface area contributed by atoms with Crippen LogP contribution in [0.15, 0.2) is 23.2 Å². The number of primary amides is 1. The minimum atomic E-state index is -0.494. The number of aliphatic imine (C=N–C) groups is 1. The van der Waals surface area contributed by atoms with Gasteiger partial charge in [-0.2, -0.15) is 11.8 Å². The Morgan fingerprint density at radius 3 is 2.78 bits per heavy atom. The number of carbonyl (C=O) groups is 1. The van der Waals surface area contributed by atoms with E-state index in [4.69, 9.17) is 28.9 Å². The van der Waals surface area contributed by atoms with Gasteiger partial charge in [-0.1, -0.05) is 29.3 Å². The monoisotopic (exact) mass is 304 g/mol. The van der Waals surface area contributed by atoms with Crippen molar-refractivity contribution in [3.63, 3.8) is 0 Å². The van der Waals surface area contributed by atoms with E-state index in [0.717, 1.165) is 11.3 Å². The van der Waals surface area contributed by atoms with Crippen LogP contribution in [0.3, 0.4) is 0 Å². The molecule has 1 atom stereocenters. The molecule has 98 valence electrons. The van der Waals surface area contributed by atoms with E-state index in [-0.39, 0.29) is 0 Å². The van der Waals surface area contributed by atoms with Crippen LogP contribution in [-0.4, -0.2) is 30.2 Å². The molecule has 0 saturated carbocycles. The molecule has 0 aliphatic carbocycles. The van der Waals surface area contributed by atoms with Crippen molar-refractivity contribution in [1.29, 1.82) is 0 Å². The van der Waals surface area contributed by atoms with E-state index >= 15 is 0 Å². The molecule has 1 aromatic rings. The summed E-state index contributed by atoms with van der Waals surface area (Å²) in [6.07, 6.45) is 4.20. The van der Waals surface area contributed by atoms with Crippen LogP contribution in [0.5, 0.6) is 0 Å². The number of amides is 1. The first kappa shape index (κ1) is 15.3. The van der Waals surface area contributed by atoms with Crippen molar-refractivity contribution in [3.05, 3.63) is 33.8 Å². The first-order valence-electron chi connectivity index (χ1n) is 5.31. The fraction of sp³-hybridized carbons (Fsp3) is 0.333. The lowest BCUT2D eigenvalue weighted by atomic mass is 10.2. The molecule has 0 bridgehead atoms. The lowest BCUT2D eigenvalue weighted by Gasteiger charge is -2.06. The molecule has 1 unspecified atom stereocenters. The second-order valence-corrected chi connectivity index (χ2v) is 5.45. The zero-order chi connectivity index (χ0) is 13.5. The van der Waals surface area contributed by atoms with Crippen LogP contribution < -0.4 is 5.73 Å². The number of hydrogen-bond acceptors (Lipinski definition) is 3. The first-order valence-corrected chi connectivity index (χ1v) is 7.46. The van der Waals surface area contributed by atoms with Crippen LogP contribution in [0.1, 0.15) is 12.0 Å². The summed E-state index contributed by atoms with van der Waals surface area (Å²) in [5.74, 6) is 0.423. The van der Waals surface area contributed by atoms with Crippen molar-refractivity contribution >= 4 is 47.1 Å². The van der Waals surface area contributed by atoms with E-state index < -0.39 is 11.9 Å². The minimum absolute atomic E-state index is 0.416. The Bertz CT molecular complexity index is 452.